The molecule has 1 fully saturated rings. The number of likely N-dealkylation sites (tertiary alicyclic amines) is 1. The lowest BCUT2D eigenvalue weighted by molar-refractivity contribution is 0.0703. The molecular weight excluding hydrogens is 420 g/mol. The summed E-state index contributed by atoms with van der Waals surface area (Å²) >= 11 is 0. The van der Waals surface area contributed by atoms with Crippen molar-refractivity contribution in [3.63, 3.8) is 0 Å². The monoisotopic (exact) mass is 444 g/mol. The summed E-state index contributed by atoms with van der Waals surface area (Å²) in [5.41, 5.74) is 1.21. The highest BCUT2D eigenvalue weighted by Gasteiger charge is 2.29. The number of nitrogens with zero attached hydrogens (tertiary/aromatic N) is 4. The highest BCUT2D eigenvalue weighted by Crippen LogP contribution is 2.32. The van der Waals surface area contributed by atoms with Crippen LogP contribution < -0.4 is 9.47 Å². The minimum absolute atomic E-state index is 0.0564. The van der Waals surface area contributed by atoms with Crippen LogP contribution in [0.25, 0.3) is 22.4 Å². The molecule has 8 nitrogen and oxygen atoms in total. The van der Waals surface area contributed by atoms with Gasteiger partial charge in [-0.15, -0.1) is 10.2 Å². The minimum Gasteiger partial charge on any atom is -0.497 e. The Balaban J connectivity index is 1.29. The van der Waals surface area contributed by atoms with Gasteiger partial charge in [-0.25, -0.2) is 0 Å². The second-order valence-electron chi connectivity index (χ2n) is 7.96. The summed E-state index contributed by atoms with van der Waals surface area (Å²) in [5.74, 6) is 2.21. The second kappa shape index (κ2) is 8.90. The molecule has 0 spiro atoms. The van der Waals surface area contributed by atoms with Gasteiger partial charge in [-0.1, -0.05) is 24.3 Å². The molecule has 0 radical (unpaired) electrons. The number of carbonyl (C=O) groups excluding carboxylic acids is 1. The van der Waals surface area contributed by atoms with Gasteiger partial charge in [0.1, 0.15) is 17.2 Å². The Hall–Kier alpha value is -3.94. The van der Waals surface area contributed by atoms with Crippen LogP contribution in [0, 0.1) is 0 Å². The van der Waals surface area contributed by atoms with Gasteiger partial charge >= 0.3 is 0 Å². The second-order valence-corrected chi connectivity index (χ2v) is 7.96. The normalized spacial score (nSPS) is 14.4. The quantitative estimate of drug-likeness (QED) is 0.453. The van der Waals surface area contributed by atoms with Gasteiger partial charge in [-0.3, -0.25) is 9.78 Å². The van der Waals surface area contributed by atoms with Gasteiger partial charge in [0.15, 0.2) is 0 Å². The number of amides is 1. The van der Waals surface area contributed by atoms with E-state index in [2.05, 4.69) is 15.2 Å². The molecule has 4 aromatic rings. The molecule has 3 heterocycles. The Bertz CT molecular complexity index is 1290. The fraction of sp³-hybridized carbons (Fsp3) is 0.280. The minimum atomic E-state index is -0.0564. The molecule has 1 aliphatic heterocycles. The van der Waals surface area contributed by atoms with Crippen molar-refractivity contribution in [2.45, 2.75) is 18.8 Å². The topological polar surface area (TPSA) is 90.6 Å². The zero-order valence-corrected chi connectivity index (χ0v) is 18.5. The van der Waals surface area contributed by atoms with Crippen LogP contribution in [-0.4, -0.2) is 53.3 Å². The lowest BCUT2D eigenvalue weighted by atomic mass is 9.96. The summed E-state index contributed by atoms with van der Waals surface area (Å²) < 4.78 is 16.7. The predicted octanol–water partition coefficient (Wildman–Crippen LogP) is 4.32. The summed E-state index contributed by atoms with van der Waals surface area (Å²) in [5, 5.41) is 10.6. The van der Waals surface area contributed by atoms with E-state index in [1.165, 1.54) is 0 Å². The highest BCUT2D eigenvalue weighted by atomic mass is 16.5. The Kier molecular flexibility index (Phi) is 5.64. The van der Waals surface area contributed by atoms with Crippen LogP contribution in [0.3, 0.4) is 0 Å². The van der Waals surface area contributed by atoms with Crippen LogP contribution in [0.4, 0.5) is 0 Å². The molecule has 0 atom stereocenters. The zero-order chi connectivity index (χ0) is 22.8. The van der Waals surface area contributed by atoms with Crippen LogP contribution in [-0.2, 0) is 0 Å². The predicted molar refractivity (Wildman–Crippen MR) is 122 cm³/mol. The van der Waals surface area contributed by atoms with E-state index in [1.807, 2.05) is 35.2 Å². The van der Waals surface area contributed by atoms with Crippen molar-refractivity contribution in [1.29, 1.82) is 0 Å². The number of benzene rings is 2. The van der Waals surface area contributed by atoms with Crippen molar-refractivity contribution in [2.24, 2.45) is 0 Å². The van der Waals surface area contributed by atoms with Crippen molar-refractivity contribution >= 4 is 16.7 Å². The lowest BCUT2D eigenvalue weighted by Gasteiger charge is -2.30. The number of pyridine rings is 1. The van der Waals surface area contributed by atoms with Crippen molar-refractivity contribution in [2.75, 3.05) is 27.3 Å². The molecule has 0 unspecified atom stereocenters. The van der Waals surface area contributed by atoms with Gasteiger partial charge in [-0.2, -0.15) is 0 Å². The summed E-state index contributed by atoms with van der Waals surface area (Å²) in [6.45, 7) is 1.20. The first-order chi connectivity index (χ1) is 16.2. The van der Waals surface area contributed by atoms with Gasteiger partial charge in [0.05, 0.1) is 19.8 Å². The molecule has 1 aliphatic rings. The fourth-order valence-corrected chi connectivity index (χ4v) is 4.26. The number of ether oxygens (including phenoxy) is 2. The molecule has 0 aliphatic carbocycles. The zero-order valence-electron chi connectivity index (χ0n) is 18.5. The number of rotatable bonds is 5. The van der Waals surface area contributed by atoms with E-state index >= 15 is 0 Å². The summed E-state index contributed by atoms with van der Waals surface area (Å²) in [7, 11) is 3.13. The Labute approximate surface area is 191 Å². The number of fused-ring (bicyclic) bond motifs is 1. The summed E-state index contributed by atoms with van der Waals surface area (Å²) in [4.78, 5) is 19.4. The van der Waals surface area contributed by atoms with Crippen molar-refractivity contribution < 1.29 is 18.7 Å². The molecule has 33 heavy (non-hydrogen) atoms. The standard InChI is InChI=1S/C25H24N4O4/c1-31-18-7-8-20(21(15-18)32-2)25(30)29-13-10-17(11-14-29)23-27-28-24(33-23)22-19-6-4-3-5-16(19)9-12-26-22/h3-9,12,15,17H,10-11,13-14H2,1-2H3. The van der Waals surface area contributed by atoms with Gasteiger partial charge in [-0.05, 0) is 36.4 Å². The van der Waals surface area contributed by atoms with Gasteiger partial charge in [0, 0.05) is 36.7 Å². The SMILES string of the molecule is COc1ccc(C(=O)N2CCC(c3nnc(-c4nccc5ccccc45)o3)CC2)c(OC)c1. The van der Waals surface area contributed by atoms with E-state index in [4.69, 9.17) is 13.9 Å². The maximum Gasteiger partial charge on any atom is 0.266 e. The molecule has 0 saturated carbocycles. The van der Waals surface area contributed by atoms with Gasteiger partial charge in [0.2, 0.25) is 5.89 Å². The van der Waals surface area contributed by atoms with E-state index in [9.17, 15) is 4.79 Å². The Morgan fingerprint density at radius 1 is 1.03 bits per heavy atom. The third-order valence-corrected chi connectivity index (χ3v) is 6.09. The average Bonchev–Trinajstić information content (AvgIpc) is 3.38. The first-order valence-corrected chi connectivity index (χ1v) is 10.9. The summed E-state index contributed by atoms with van der Waals surface area (Å²) in [6, 6.07) is 15.2. The smallest absolute Gasteiger partial charge is 0.266 e. The molecule has 5 rings (SSSR count). The molecule has 168 valence electrons. The number of carbonyl (C=O) groups is 1. The van der Waals surface area contributed by atoms with Gasteiger partial charge in [0.25, 0.3) is 11.8 Å². The molecular formula is C25H24N4O4. The third kappa shape index (κ3) is 4.00. The maximum atomic E-state index is 13.1. The average molecular weight is 444 g/mol. The third-order valence-electron chi connectivity index (χ3n) is 6.09. The first kappa shape index (κ1) is 20.9. The molecule has 2 aromatic carbocycles. The largest absolute Gasteiger partial charge is 0.497 e. The molecule has 1 saturated heterocycles. The Morgan fingerprint density at radius 3 is 2.64 bits per heavy atom. The number of hydrogen-bond acceptors (Lipinski definition) is 7. The van der Waals surface area contributed by atoms with E-state index < -0.39 is 0 Å². The van der Waals surface area contributed by atoms with Gasteiger partial charge < -0.3 is 18.8 Å². The van der Waals surface area contributed by atoms with Crippen LogP contribution in [0.15, 0.2) is 59.1 Å². The van der Waals surface area contributed by atoms with Crippen LogP contribution in [0.1, 0.15) is 35.0 Å². The van der Waals surface area contributed by atoms with E-state index in [1.54, 1.807) is 38.6 Å². The number of hydrogen-bond donors (Lipinski definition) is 0. The van der Waals surface area contributed by atoms with Crippen LogP contribution in [0.2, 0.25) is 0 Å². The van der Waals surface area contributed by atoms with E-state index in [0.717, 1.165) is 23.6 Å². The number of aromatic nitrogens is 3. The lowest BCUT2D eigenvalue weighted by Crippen LogP contribution is -2.38. The van der Waals surface area contributed by atoms with Crippen LogP contribution >= 0.6 is 0 Å². The molecule has 8 heteroatoms. The Morgan fingerprint density at radius 2 is 1.85 bits per heavy atom. The van der Waals surface area contributed by atoms with Crippen LogP contribution in [0.5, 0.6) is 11.5 Å². The van der Waals surface area contributed by atoms with Crippen molar-refractivity contribution in [3.05, 3.63) is 66.2 Å². The molecule has 1 amide bonds. The summed E-state index contributed by atoms with van der Waals surface area (Å²) in [6.07, 6.45) is 3.24. The molecule has 0 N–H and O–H groups in total. The number of piperidine rings is 1. The fourth-order valence-electron chi connectivity index (χ4n) is 4.26. The first-order valence-electron chi connectivity index (χ1n) is 10.9. The van der Waals surface area contributed by atoms with Crippen molar-refractivity contribution in [3.8, 4) is 23.1 Å². The number of methoxy groups -OCH3 is 2. The molecule has 2 aromatic heterocycles. The van der Waals surface area contributed by atoms with E-state index in [-0.39, 0.29) is 11.8 Å². The maximum absolute atomic E-state index is 13.1. The highest BCUT2D eigenvalue weighted by molar-refractivity contribution is 5.97. The van der Waals surface area contributed by atoms with Crippen molar-refractivity contribution in [1.82, 2.24) is 20.1 Å². The van der Waals surface area contributed by atoms with E-state index in [0.29, 0.717) is 47.6 Å². The molecule has 0 bridgehead atoms.